The van der Waals surface area contributed by atoms with Crippen molar-refractivity contribution in [2.45, 2.75) is 91.8 Å². The third-order valence-electron chi connectivity index (χ3n) is 8.46. The van der Waals surface area contributed by atoms with Crippen LogP contribution in [-0.4, -0.2) is 25.4 Å². The van der Waals surface area contributed by atoms with E-state index in [0.29, 0.717) is 34.4 Å². The van der Waals surface area contributed by atoms with Crippen LogP contribution in [0.25, 0.3) is 0 Å². The molecule has 0 aliphatic heterocycles. The van der Waals surface area contributed by atoms with Gasteiger partial charge in [-0.3, -0.25) is 0 Å². The molecule has 0 radical (unpaired) electrons. The fourth-order valence-corrected chi connectivity index (χ4v) is 6.81. The molecule has 2 bridgehead atoms. The Bertz CT molecular complexity index is 470. The maximum absolute atomic E-state index is 6.73. The van der Waals surface area contributed by atoms with Crippen LogP contribution in [0.2, 0.25) is 0 Å². The molecular formula is C22H38O2. The van der Waals surface area contributed by atoms with Gasteiger partial charge in [0.25, 0.3) is 0 Å². The molecule has 2 nitrogen and oxygen atoms in total. The van der Waals surface area contributed by atoms with Gasteiger partial charge in [-0.15, -0.1) is 0 Å². The Morgan fingerprint density at radius 2 is 1.62 bits per heavy atom. The monoisotopic (exact) mass is 334 g/mol. The van der Waals surface area contributed by atoms with Gasteiger partial charge in [0, 0.05) is 6.61 Å². The van der Waals surface area contributed by atoms with Crippen LogP contribution in [0, 0.1) is 34.0 Å². The third kappa shape index (κ3) is 2.58. The summed E-state index contributed by atoms with van der Waals surface area (Å²) in [5, 5.41) is 0. The lowest BCUT2D eigenvalue weighted by atomic mass is 9.52. The molecule has 2 heteroatoms. The van der Waals surface area contributed by atoms with Gasteiger partial charge < -0.3 is 9.47 Å². The van der Waals surface area contributed by atoms with Gasteiger partial charge >= 0.3 is 0 Å². The lowest BCUT2D eigenvalue weighted by molar-refractivity contribution is -0.179. The smallest absolute Gasteiger partial charge is 0.0682 e. The normalized spacial score (nSPS) is 44.1. The first kappa shape index (κ1) is 17.3. The summed E-state index contributed by atoms with van der Waals surface area (Å²) >= 11 is 0. The average molecular weight is 335 g/mol. The first-order valence-corrected chi connectivity index (χ1v) is 10.5. The SMILES string of the molecule is CCOC1C2CCC(C[C@H]2COC2C(C)(C)CCC23CC3)C1(C)C. The van der Waals surface area contributed by atoms with Crippen molar-refractivity contribution in [2.75, 3.05) is 13.2 Å². The van der Waals surface area contributed by atoms with Crippen molar-refractivity contribution in [2.24, 2.45) is 34.0 Å². The Hall–Kier alpha value is -0.0800. The van der Waals surface area contributed by atoms with Crippen LogP contribution in [-0.2, 0) is 9.47 Å². The van der Waals surface area contributed by atoms with Gasteiger partial charge in [0.15, 0.2) is 0 Å². The molecule has 0 saturated heterocycles. The Morgan fingerprint density at radius 1 is 0.917 bits per heavy atom. The molecule has 5 atom stereocenters. The van der Waals surface area contributed by atoms with Crippen LogP contribution >= 0.6 is 0 Å². The van der Waals surface area contributed by atoms with Crippen LogP contribution in [0.3, 0.4) is 0 Å². The zero-order chi connectivity index (χ0) is 17.2. The number of fused-ring (bicyclic) bond motifs is 3. The number of hydrogen-bond donors (Lipinski definition) is 0. The van der Waals surface area contributed by atoms with Gasteiger partial charge in [-0.25, -0.2) is 0 Å². The highest BCUT2D eigenvalue weighted by Gasteiger charge is 2.60. The Balaban J connectivity index is 1.44. The van der Waals surface area contributed by atoms with Gasteiger partial charge in [-0.2, -0.15) is 0 Å². The van der Waals surface area contributed by atoms with Crippen LogP contribution in [0.5, 0.6) is 0 Å². The summed E-state index contributed by atoms with van der Waals surface area (Å²) in [5.41, 5.74) is 1.29. The van der Waals surface area contributed by atoms with Crippen molar-refractivity contribution in [1.82, 2.24) is 0 Å². The Labute approximate surface area is 149 Å². The van der Waals surface area contributed by atoms with E-state index in [2.05, 4.69) is 34.6 Å². The molecule has 5 aliphatic carbocycles. The summed E-state index contributed by atoms with van der Waals surface area (Å²) < 4.78 is 13.0. The van der Waals surface area contributed by atoms with Gasteiger partial charge in [0.1, 0.15) is 0 Å². The maximum Gasteiger partial charge on any atom is 0.0682 e. The van der Waals surface area contributed by atoms with Crippen molar-refractivity contribution in [3.63, 3.8) is 0 Å². The molecule has 0 N–H and O–H groups in total. The molecule has 5 fully saturated rings. The largest absolute Gasteiger partial charge is 0.378 e. The molecule has 0 aromatic rings. The van der Waals surface area contributed by atoms with E-state index in [1.807, 2.05) is 0 Å². The Morgan fingerprint density at radius 3 is 2.29 bits per heavy atom. The molecule has 0 amide bonds. The highest BCUT2D eigenvalue weighted by Crippen LogP contribution is 2.65. The Kier molecular flexibility index (Phi) is 4.12. The van der Waals surface area contributed by atoms with Crippen molar-refractivity contribution >= 4 is 0 Å². The minimum absolute atomic E-state index is 0.347. The molecule has 4 unspecified atom stereocenters. The summed E-state index contributed by atoms with van der Waals surface area (Å²) in [4.78, 5) is 0. The van der Waals surface area contributed by atoms with E-state index in [1.165, 1.54) is 44.9 Å². The zero-order valence-electron chi connectivity index (χ0n) is 16.6. The quantitative estimate of drug-likeness (QED) is 0.665. The van der Waals surface area contributed by atoms with E-state index in [4.69, 9.17) is 9.47 Å². The minimum atomic E-state index is 0.347. The summed E-state index contributed by atoms with van der Waals surface area (Å²) in [6, 6.07) is 0. The molecule has 138 valence electrons. The van der Waals surface area contributed by atoms with Crippen molar-refractivity contribution < 1.29 is 9.47 Å². The molecular weight excluding hydrogens is 296 g/mol. The molecule has 0 aromatic carbocycles. The van der Waals surface area contributed by atoms with Crippen molar-refractivity contribution in [3.05, 3.63) is 0 Å². The van der Waals surface area contributed by atoms with Crippen LogP contribution in [0.15, 0.2) is 0 Å². The second-order valence-electron chi connectivity index (χ2n) is 10.7. The molecule has 5 rings (SSSR count). The van der Waals surface area contributed by atoms with E-state index in [-0.39, 0.29) is 0 Å². The fraction of sp³-hybridized carbons (Fsp3) is 1.00. The highest BCUT2D eigenvalue weighted by atomic mass is 16.5. The third-order valence-corrected chi connectivity index (χ3v) is 8.46. The lowest BCUT2D eigenvalue weighted by Crippen LogP contribution is -2.56. The first-order chi connectivity index (χ1) is 11.3. The average Bonchev–Trinajstić information content (AvgIpc) is 3.25. The zero-order valence-corrected chi connectivity index (χ0v) is 16.6. The number of ether oxygens (including phenoxy) is 2. The van der Waals surface area contributed by atoms with E-state index in [1.54, 1.807) is 0 Å². The predicted molar refractivity (Wildman–Crippen MR) is 97.9 cm³/mol. The van der Waals surface area contributed by atoms with Gasteiger partial charge in [0.2, 0.25) is 0 Å². The highest BCUT2D eigenvalue weighted by molar-refractivity contribution is 5.10. The molecule has 24 heavy (non-hydrogen) atoms. The fourth-order valence-electron chi connectivity index (χ4n) is 6.81. The molecule has 0 heterocycles. The second-order valence-corrected chi connectivity index (χ2v) is 10.7. The molecule has 0 aromatic heterocycles. The maximum atomic E-state index is 6.73. The summed E-state index contributed by atoms with van der Waals surface area (Å²) in [6.45, 7) is 13.7. The summed E-state index contributed by atoms with van der Waals surface area (Å²) in [6.07, 6.45) is 10.6. The molecule has 5 saturated carbocycles. The topological polar surface area (TPSA) is 18.5 Å². The van der Waals surface area contributed by atoms with Crippen LogP contribution in [0.4, 0.5) is 0 Å². The standard InChI is InChI=1S/C22H38O2/c1-6-23-18-17-8-7-16(21(18,4)5)13-15(17)14-24-19-20(2,3)9-10-22(19)11-12-22/h15-19H,6-14H2,1-5H3/t15-,16?,17?,18?,19?/m0/s1. The van der Waals surface area contributed by atoms with Crippen molar-refractivity contribution in [3.8, 4) is 0 Å². The van der Waals surface area contributed by atoms with Crippen molar-refractivity contribution in [1.29, 1.82) is 0 Å². The van der Waals surface area contributed by atoms with Gasteiger partial charge in [-0.1, -0.05) is 27.7 Å². The second kappa shape index (κ2) is 5.71. The predicted octanol–water partition coefficient (Wildman–Crippen LogP) is 5.45. The first-order valence-electron chi connectivity index (χ1n) is 10.5. The van der Waals surface area contributed by atoms with E-state index in [0.717, 1.165) is 25.0 Å². The van der Waals surface area contributed by atoms with Crippen LogP contribution < -0.4 is 0 Å². The molecule has 5 aliphatic rings. The van der Waals surface area contributed by atoms with E-state index < -0.39 is 0 Å². The number of rotatable bonds is 5. The summed E-state index contributed by atoms with van der Waals surface area (Å²) in [7, 11) is 0. The summed E-state index contributed by atoms with van der Waals surface area (Å²) in [5.74, 6) is 2.25. The van der Waals surface area contributed by atoms with E-state index >= 15 is 0 Å². The van der Waals surface area contributed by atoms with E-state index in [9.17, 15) is 0 Å². The van der Waals surface area contributed by atoms with Crippen LogP contribution in [0.1, 0.15) is 79.6 Å². The van der Waals surface area contributed by atoms with Gasteiger partial charge in [0.05, 0.1) is 18.8 Å². The number of hydrogen-bond acceptors (Lipinski definition) is 2. The molecule has 1 spiro atoms. The van der Waals surface area contributed by atoms with Gasteiger partial charge in [-0.05, 0) is 85.9 Å². The minimum Gasteiger partial charge on any atom is -0.378 e. The lowest BCUT2D eigenvalue weighted by Gasteiger charge is -2.57.